The van der Waals surface area contributed by atoms with Crippen molar-refractivity contribution < 1.29 is 0 Å². The molecule has 0 N–H and O–H groups in total. The Kier molecular flexibility index (Phi) is 10.8. The number of fused-ring (bicyclic) bond motifs is 1. The second-order valence-electron chi connectivity index (χ2n) is 11.1. The zero-order valence-corrected chi connectivity index (χ0v) is 26.5. The quantitative estimate of drug-likeness (QED) is 0.221. The number of hydrogen-bond acceptors (Lipinski definition) is 2. The Morgan fingerprint density at radius 1 is 0.781 bits per heavy atom. The third-order valence-corrected chi connectivity index (χ3v) is 30.4. The van der Waals surface area contributed by atoms with E-state index in [1.54, 1.807) is 0 Å². The maximum absolute atomic E-state index is 5.11. The Balaban J connectivity index is 2.77. The van der Waals surface area contributed by atoms with E-state index >= 15 is 0 Å². The van der Waals surface area contributed by atoms with Crippen LogP contribution < -0.4 is 9.03 Å². The normalized spacial score (nSPS) is 13.2. The van der Waals surface area contributed by atoms with Gasteiger partial charge in [0.2, 0.25) is 0 Å². The average molecular weight is 565 g/mol. The van der Waals surface area contributed by atoms with Crippen LogP contribution in [0.15, 0.2) is 18.2 Å². The van der Waals surface area contributed by atoms with Gasteiger partial charge in [-0.2, -0.15) is 0 Å². The number of unbranched alkanes of at least 4 members (excludes halogenated alkanes) is 3. The molecule has 0 aliphatic rings. The Labute approximate surface area is 204 Å². The number of nitrogens with zero attached hydrogens (tertiary/aromatic N) is 3. The summed E-state index contributed by atoms with van der Waals surface area (Å²) in [5.74, 6) is 0. The van der Waals surface area contributed by atoms with Crippen molar-refractivity contribution in [3.05, 3.63) is 18.2 Å². The Morgan fingerprint density at radius 3 is 1.66 bits per heavy atom. The van der Waals surface area contributed by atoms with Gasteiger partial charge in [-0.05, 0) is 0 Å². The van der Waals surface area contributed by atoms with Crippen LogP contribution in [-0.4, -0.2) is 41.3 Å². The monoisotopic (exact) mass is 565 g/mol. The average Bonchev–Trinajstić information content (AvgIpc) is 3.19. The van der Waals surface area contributed by atoms with Crippen LogP contribution in [0, 0.1) is 0 Å². The minimum absolute atomic E-state index is 0.675. The Morgan fingerprint density at radius 2 is 1.25 bits per heavy atom. The molecule has 0 saturated heterocycles. The molecule has 0 aliphatic carbocycles. The summed E-state index contributed by atoms with van der Waals surface area (Å²) in [5, 5.41) is 11.6. The molecule has 0 fully saturated rings. The predicted molar refractivity (Wildman–Crippen MR) is 148 cm³/mol. The van der Waals surface area contributed by atoms with Crippen LogP contribution in [-0.2, 0) is 0 Å². The first-order valence-electron chi connectivity index (χ1n) is 13.6. The van der Waals surface area contributed by atoms with E-state index in [9.17, 15) is 0 Å². The molecule has 2 heterocycles. The van der Waals surface area contributed by atoms with Gasteiger partial charge in [-0.25, -0.2) is 0 Å². The molecule has 0 amide bonds. The summed E-state index contributed by atoms with van der Waals surface area (Å²) < 4.78 is 8.19. The predicted octanol–water partition coefficient (Wildman–Crippen LogP) is 7.67. The van der Waals surface area contributed by atoms with Gasteiger partial charge in [0.25, 0.3) is 0 Å². The van der Waals surface area contributed by atoms with Gasteiger partial charge in [-0.1, -0.05) is 0 Å². The number of pyridine rings is 1. The van der Waals surface area contributed by atoms with Gasteiger partial charge in [0.1, 0.15) is 0 Å². The van der Waals surface area contributed by atoms with Crippen LogP contribution in [0.1, 0.15) is 101 Å². The second kappa shape index (κ2) is 12.4. The standard InChI is InChI=1S/C15H24N3Si.3C4H9.Sn/c1-11(2)19(12(3)4,13(5)6)15-9-7-8-14-10-16-17-18(14)15;3*1-3-4-2;/h7-9,11-13H,1-6H3;3*1,3-4H2,2H3;. The zero-order chi connectivity index (χ0) is 23.9. The fraction of sp³-hybridized carbons (Fsp3) is 0.778. The van der Waals surface area contributed by atoms with E-state index in [4.69, 9.17) is 10.3 Å². The van der Waals surface area contributed by atoms with E-state index < -0.39 is 26.5 Å². The SMILES string of the molecule is CCC[CH2][Sn]([CH2]CCC)([CH2]CCC)[c]1nnn2c([Si](C(C)C)(C(C)C)C(C)C)cccc12. The van der Waals surface area contributed by atoms with Crippen molar-refractivity contribution in [2.75, 3.05) is 0 Å². The van der Waals surface area contributed by atoms with E-state index in [1.807, 2.05) is 0 Å². The Hall–Kier alpha value is -0.364. The van der Waals surface area contributed by atoms with Gasteiger partial charge < -0.3 is 0 Å². The summed E-state index contributed by atoms with van der Waals surface area (Å²) in [7, 11) is -1.81. The third-order valence-electron chi connectivity index (χ3n) is 8.28. The second-order valence-corrected chi connectivity index (χ2v) is 29.9. The molecule has 0 spiro atoms. The van der Waals surface area contributed by atoms with Gasteiger partial charge in [-0.15, -0.1) is 0 Å². The van der Waals surface area contributed by atoms with Crippen molar-refractivity contribution in [2.45, 2.75) is 131 Å². The summed E-state index contributed by atoms with van der Waals surface area (Å²) in [6.45, 7) is 21.8. The fourth-order valence-corrected chi connectivity index (χ4v) is 29.3. The topological polar surface area (TPSA) is 30.2 Å². The van der Waals surface area contributed by atoms with Crippen LogP contribution in [0.25, 0.3) is 5.52 Å². The molecule has 2 rings (SSSR count). The molecule has 32 heavy (non-hydrogen) atoms. The molecule has 0 saturated carbocycles. The molecule has 0 atom stereocenters. The molecule has 2 aromatic heterocycles. The van der Waals surface area contributed by atoms with E-state index in [0.717, 1.165) is 0 Å². The summed E-state index contributed by atoms with van der Waals surface area (Å²) in [4.78, 5) is 0. The fourth-order valence-electron chi connectivity index (χ4n) is 6.79. The van der Waals surface area contributed by atoms with E-state index in [1.165, 1.54) is 66.4 Å². The van der Waals surface area contributed by atoms with Crippen LogP contribution >= 0.6 is 0 Å². The van der Waals surface area contributed by atoms with Crippen LogP contribution in [0.3, 0.4) is 0 Å². The van der Waals surface area contributed by atoms with E-state index in [0.29, 0.717) is 16.6 Å². The van der Waals surface area contributed by atoms with Gasteiger partial charge in [0.15, 0.2) is 0 Å². The summed E-state index contributed by atoms with van der Waals surface area (Å²) >= 11 is -2.64. The molecular formula is C27H51N3SiSn. The molecule has 0 aromatic carbocycles. The first-order chi connectivity index (χ1) is 15.2. The minimum atomic E-state index is -2.64. The van der Waals surface area contributed by atoms with Crippen LogP contribution in [0.4, 0.5) is 0 Å². The summed E-state index contributed by atoms with van der Waals surface area (Å²) in [5.41, 5.74) is 3.40. The van der Waals surface area contributed by atoms with Crippen molar-refractivity contribution in [3.63, 3.8) is 0 Å². The first kappa shape index (κ1) is 27.9. The first-order valence-corrected chi connectivity index (χ1v) is 23.3. The number of aromatic nitrogens is 3. The molecule has 2 aromatic rings. The summed E-state index contributed by atoms with van der Waals surface area (Å²) in [6, 6.07) is 7.09. The third kappa shape index (κ3) is 5.31. The molecule has 5 heteroatoms. The van der Waals surface area contributed by atoms with Crippen molar-refractivity contribution in [1.82, 2.24) is 14.8 Å². The molecule has 0 bridgehead atoms. The Bertz CT molecular complexity index is 784. The summed E-state index contributed by atoms with van der Waals surface area (Å²) in [6.07, 6.45) is 7.99. The molecule has 3 nitrogen and oxygen atoms in total. The molecule has 0 aliphatic heterocycles. The van der Waals surface area contributed by atoms with Gasteiger partial charge in [0.05, 0.1) is 0 Å². The van der Waals surface area contributed by atoms with Crippen molar-refractivity contribution in [2.24, 2.45) is 0 Å². The molecule has 0 unspecified atom stereocenters. The molecular weight excluding hydrogens is 513 g/mol. The maximum atomic E-state index is 5.11. The molecule has 182 valence electrons. The molecule has 0 radical (unpaired) electrons. The zero-order valence-electron chi connectivity index (χ0n) is 22.7. The van der Waals surface area contributed by atoms with Gasteiger partial charge in [0, 0.05) is 0 Å². The van der Waals surface area contributed by atoms with Crippen molar-refractivity contribution >= 4 is 41.0 Å². The number of rotatable bonds is 14. The number of hydrogen-bond donors (Lipinski definition) is 0. The van der Waals surface area contributed by atoms with Crippen LogP contribution in [0.5, 0.6) is 0 Å². The van der Waals surface area contributed by atoms with Gasteiger partial charge >= 0.3 is 205 Å². The van der Waals surface area contributed by atoms with E-state index in [-0.39, 0.29) is 0 Å². The van der Waals surface area contributed by atoms with E-state index in [2.05, 4.69) is 85.0 Å². The van der Waals surface area contributed by atoms with Gasteiger partial charge in [-0.3, -0.25) is 0 Å². The van der Waals surface area contributed by atoms with Crippen LogP contribution in [0.2, 0.25) is 29.9 Å². The van der Waals surface area contributed by atoms with Crippen molar-refractivity contribution in [1.29, 1.82) is 0 Å². The van der Waals surface area contributed by atoms with Crippen molar-refractivity contribution in [3.8, 4) is 0 Å².